The van der Waals surface area contributed by atoms with E-state index in [9.17, 15) is 0 Å². The molecule has 0 unspecified atom stereocenters. The van der Waals surface area contributed by atoms with Gasteiger partial charge in [0.05, 0.1) is 18.8 Å². The first-order valence-electron chi connectivity index (χ1n) is 8.02. The first-order valence-corrected chi connectivity index (χ1v) is 8.02. The van der Waals surface area contributed by atoms with E-state index in [0.29, 0.717) is 6.61 Å². The van der Waals surface area contributed by atoms with Crippen LogP contribution in [0.2, 0.25) is 0 Å². The molecule has 1 fully saturated rings. The molecule has 23 heavy (non-hydrogen) atoms. The summed E-state index contributed by atoms with van der Waals surface area (Å²) < 4.78 is 13.8. The van der Waals surface area contributed by atoms with Gasteiger partial charge in [0.15, 0.2) is 5.82 Å². The van der Waals surface area contributed by atoms with Crippen molar-refractivity contribution in [3.05, 3.63) is 30.0 Å². The Hall–Kier alpha value is -1.73. The highest BCUT2D eigenvalue weighted by Crippen LogP contribution is 2.30. The zero-order valence-corrected chi connectivity index (χ0v) is 14.5. The third-order valence-corrected chi connectivity index (χ3v) is 4.30. The quantitative estimate of drug-likeness (QED) is 0.864. The van der Waals surface area contributed by atoms with Crippen LogP contribution in [0.5, 0.6) is 0 Å². The highest BCUT2D eigenvalue weighted by atomic mass is 16.5. The van der Waals surface area contributed by atoms with Gasteiger partial charge in [-0.2, -0.15) is 0 Å². The summed E-state index contributed by atoms with van der Waals surface area (Å²) in [5.74, 6) is 2.52. The van der Waals surface area contributed by atoms with Gasteiger partial charge in [0.25, 0.3) is 0 Å². The van der Waals surface area contributed by atoms with Gasteiger partial charge >= 0.3 is 0 Å². The zero-order valence-electron chi connectivity index (χ0n) is 14.5. The molecule has 0 amide bonds. The number of hydrogen-bond donors (Lipinski definition) is 0. The van der Waals surface area contributed by atoms with Gasteiger partial charge in [0.1, 0.15) is 18.2 Å². The van der Waals surface area contributed by atoms with E-state index in [1.807, 2.05) is 17.8 Å². The molecule has 0 aliphatic carbocycles. The molecular weight excluding hydrogens is 294 g/mol. The van der Waals surface area contributed by atoms with E-state index >= 15 is 0 Å². The lowest BCUT2D eigenvalue weighted by Crippen LogP contribution is -2.40. The molecular formula is C16H25N5O2. The molecule has 126 valence electrons. The van der Waals surface area contributed by atoms with Crippen molar-refractivity contribution in [2.75, 3.05) is 19.7 Å². The molecule has 1 saturated heterocycles. The second-order valence-corrected chi connectivity index (χ2v) is 7.14. The summed E-state index contributed by atoms with van der Waals surface area (Å²) in [5.41, 5.74) is -0.0306. The molecule has 7 nitrogen and oxygen atoms in total. The fourth-order valence-electron chi connectivity index (χ4n) is 2.74. The molecule has 2 aromatic rings. The SMILES string of the molecule is C[C@@H](c1ncc(C(C)(C)C)o1)N1CCO[C@H](c2nncn2C)C1. The Morgan fingerprint density at radius 3 is 2.74 bits per heavy atom. The molecule has 3 rings (SSSR count). The first-order chi connectivity index (χ1) is 10.9. The summed E-state index contributed by atoms with van der Waals surface area (Å²) in [6.45, 7) is 10.8. The molecule has 2 aromatic heterocycles. The molecule has 7 heteroatoms. The van der Waals surface area contributed by atoms with Gasteiger partial charge in [-0.25, -0.2) is 4.98 Å². The number of morpholine rings is 1. The highest BCUT2D eigenvalue weighted by molar-refractivity contribution is 5.08. The van der Waals surface area contributed by atoms with Gasteiger partial charge < -0.3 is 13.7 Å². The van der Waals surface area contributed by atoms with E-state index in [2.05, 4.69) is 47.8 Å². The van der Waals surface area contributed by atoms with E-state index in [0.717, 1.165) is 30.6 Å². The van der Waals surface area contributed by atoms with Gasteiger partial charge in [-0.05, 0) is 6.92 Å². The summed E-state index contributed by atoms with van der Waals surface area (Å²) in [4.78, 5) is 6.80. The molecule has 0 spiro atoms. The van der Waals surface area contributed by atoms with Crippen LogP contribution >= 0.6 is 0 Å². The van der Waals surface area contributed by atoms with Crippen LogP contribution in [0.15, 0.2) is 16.9 Å². The smallest absolute Gasteiger partial charge is 0.211 e. The second-order valence-electron chi connectivity index (χ2n) is 7.14. The maximum atomic E-state index is 5.99. The Balaban J connectivity index is 1.73. The fourth-order valence-corrected chi connectivity index (χ4v) is 2.74. The Labute approximate surface area is 136 Å². The number of hydrogen-bond acceptors (Lipinski definition) is 6. The molecule has 2 atom stereocenters. The monoisotopic (exact) mass is 319 g/mol. The predicted octanol–water partition coefficient (Wildman–Crippen LogP) is 2.24. The number of ether oxygens (including phenoxy) is 1. The standard InChI is InChI=1S/C16H25N5O2/c1-11(15-17-8-13(23-15)16(2,3)4)21-6-7-22-12(9-21)14-19-18-10-20(14)5/h8,10-12H,6-7,9H2,1-5H3/t11-,12-/m0/s1. The molecule has 0 N–H and O–H groups in total. The third kappa shape index (κ3) is 3.30. The molecule has 0 bridgehead atoms. The Bertz CT molecular complexity index is 657. The molecule has 1 aliphatic rings. The average Bonchev–Trinajstić information content (AvgIpc) is 3.15. The lowest BCUT2D eigenvalue weighted by atomic mass is 9.94. The first kappa shape index (κ1) is 16.1. The van der Waals surface area contributed by atoms with Crippen molar-refractivity contribution < 1.29 is 9.15 Å². The highest BCUT2D eigenvalue weighted by Gasteiger charge is 2.31. The molecule has 1 aliphatic heterocycles. The summed E-state index contributed by atoms with van der Waals surface area (Å²) in [7, 11) is 1.94. The van der Waals surface area contributed by atoms with Gasteiger partial charge in [-0.15, -0.1) is 10.2 Å². The van der Waals surface area contributed by atoms with Gasteiger partial charge in [0, 0.05) is 25.6 Å². The number of nitrogens with zero attached hydrogens (tertiary/aromatic N) is 5. The van der Waals surface area contributed by atoms with Crippen LogP contribution in [0.4, 0.5) is 0 Å². The van der Waals surface area contributed by atoms with Crippen LogP contribution in [0.25, 0.3) is 0 Å². The summed E-state index contributed by atoms with van der Waals surface area (Å²) in [6, 6.07) is 0.103. The van der Waals surface area contributed by atoms with E-state index in [4.69, 9.17) is 9.15 Å². The van der Waals surface area contributed by atoms with E-state index in [1.165, 1.54) is 0 Å². The van der Waals surface area contributed by atoms with Gasteiger partial charge in [-0.3, -0.25) is 4.90 Å². The Morgan fingerprint density at radius 1 is 1.35 bits per heavy atom. The van der Waals surface area contributed by atoms with Crippen LogP contribution in [0.1, 0.15) is 57.3 Å². The molecule has 0 radical (unpaired) electrons. The van der Waals surface area contributed by atoms with E-state index in [-0.39, 0.29) is 17.6 Å². The minimum Gasteiger partial charge on any atom is -0.443 e. The number of oxazole rings is 1. The van der Waals surface area contributed by atoms with Gasteiger partial charge in [0.2, 0.25) is 5.89 Å². The second kappa shape index (κ2) is 6.05. The number of rotatable bonds is 3. The molecule has 3 heterocycles. The topological polar surface area (TPSA) is 69.2 Å². The van der Waals surface area contributed by atoms with Crippen molar-refractivity contribution in [2.24, 2.45) is 7.05 Å². The van der Waals surface area contributed by atoms with Crippen molar-refractivity contribution in [2.45, 2.75) is 45.3 Å². The molecule has 0 saturated carbocycles. The van der Waals surface area contributed by atoms with Crippen molar-refractivity contribution in [1.82, 2.24) is 24.6 Å². The molecule has 0 aromatic carbocycles. The normalized spacial score (nSPS) is 21.5. The number of aryl methyl sites for hydroxylation is 1. The fraction of sp³-hybridized carbons (Fsp3) is 0.688. The minimum absolute atomic E-state index is 0.0306. The van der Waals surface area contributed by atoms with Crippen LogP contribution in [0.3, 0.4) is 0 Å². The average molecular weight is 319 g/mol. The largest absolute Gasteiger partial charge is 0.443 e. The lowest BCUT2D eigenvalue weighted by molar-refractivity contribution is -0.0516. The summed E-state index contributed by atoms with van der Waals surface area (Å²) >= 11 is 0. The maximum absolute atomic E-state index is 5.99. The van der Waals surface area contributed by atoms with E-state index in [1.54, 1.807) is 6.33 Å². The zero-order chi connectivity index (χ0) is 16.6. The van der Waals surface area contributed by atoms with E-state index < -0.39 is 0 Å². The van der Waals surface area contributed by atoms with Crippen molar-refractivity contribution in [3.8, 4) is 0 Å². The van der Waals surface area contributed by atoms with Crippen LogP contribution in [0, 0.1) is 0 Å². The summed E-state index contributed by atoms with van der Waals surface area (Å²) in [6.07, 6.45) is 3.47. The Kier molecular flexibility index (Phi) is 4.25. The van der Waals surface area contributed by atoms with Crippen molar-refractivity contribution in [3.63, 3.8) is 0 Å². The number of aromatic nitrogens is 4. The lowest BCUT2D eigenvalue weighted by Gasteiger charge is -2.35. The predicted molar refractivity (Wildman–Crippen MR) is 84.9 cm³/mol. The Morgan fingerprint density at radius 2 is 2.13 bits per heavy atom. The van der Waals surface area contributed by atoms with Crippen LogP contribution in [-0.2, 0) is 17.2 Å². The van der Waals surface area contributed by atoms with Crippen molar-refractivity contribution >= 4 is 0 Å². The van der Waals surface area contributed by atoms with Crippen LogP contribution < -0.4 is 0 Å². The van der Waals surface area contributed by atoms with Crippen LogP contribution in [-0.4, -0.2) is 44.3 Å². The summed E-state index contributed by atoms with van der Waals surface area (Å²) in [5, 5.41) is 8.10. The van der Waals surface area contributed by atoms with Gasteiger partial charge in [-0.1, -0.05) is 20.8 Å². The van der Waals surface area contributed by atoms with Crippen molar-refractivity contribution in [1.29, 1.82) is 0 Å². The third-order valence-electron chi connectivity index (χ3n) is 4.30. The minimum atomic E-state index is -0.0734. The maximum Gasteiger partial charge on any atom is 0.211 e.